The van der Waals surface area contributed by atoms with E-state index in [1.165, 1.54) is 0 Å². The number of rotatable bonds is 6. The van der Waals surface area contributed by atoms with Gasteiger partial charge in [-0.15, -0.1) is 0 Å². The third-order valence-electron chi connectivity index (χ3n) is 3.42. The molecule has 0 bridgehead atoms. The summed E-state index contributed by atoms with van der Waals surface area (Å²) in [5, 5.41) is 3.34. The summed E-state index contributed by atoms with van der Waals surface area (Å²) < 4.78 is 27.2. The van der Waals surface area contributed by atoms with Crippen molar-refractivity contribution in [1.29, 1.82) is 0 Å². The molecule has 0 radical (unpaired) electrons. The summed E-state index contributed by atoms with van der Waals surface area (Å²) in [5.41, 5.74) is 0.994. The smallest absolute Gasteiger partial charge is 0.241 e. The van der Waals surface area contributed by atoms with Crippen LogP contribution in [0, 0.1) is 0 Å². The van der Waals surface area contributed by atoms with Crippen LogP contribution in [0.25, 0.3) is 0 Å². The molecule has 26 heavy (non-hydrogen) atoms. The zero-order chi connectivity index (χ0) is 19.4. The van der Waals surface area contributed by atoms with Gasteiger partial charge in [0.25, 0.3) is 0 Å². The van der Waals surface area contributed by atoms with E-state index in [0.717, 1.165) is 5.56 Å². The lowest BCUT2D eigenvalue weighted by atomic mass is 10.1. The largest absolute Gasteiger partial charge is 0.326 e. The maximum absolute atomic E-state index is 12.3. The highest BCUT2D eigenvalue weighted by Gasteiger charge is 2.21. The molecule has 2 aromatic rings. The van der Waals surface area contributed by atoms with Crippen LogP contribution in [0.4, 0.5) is 5.69 Å². The Morgan fingerprint density at radius 3 is 2.31 bits per heavy atom. The minimum atomic E-state index is -3.55. The summed E-state index contributed by atoms with van der Waals surface area (Å²) in [7, 11) is -3.55. The Morgan fingerprint density at radius 2 is 1.73 bits per heavy atom. The number of hydrogen-bond acceptors (Lipinski definition) is 3. The molecule has 0 aliphatic carbocycles. The number of halogens is 1. The minimum Gasteiger partial charge on any atom is -0.326 e. The number of aryl methyl sites for hydroxylation is 1. The molecular formula is C19H23ClN2O3S. The first-order chi connectivity index (χ1) is 12.0. The van der Waals surface area contributed by atoms with Crippen molar-refractivity contribution in [2.24, 2.45) is 0 Å². The van der Waals surface area contributed by atoms with Crippen LogP contribution >= 0.6 is 11.6 Å². The topological polar surface area (TPSA) is 75.3 Å². The van der Waals surface area contributed by atoms with Crippen molar-refractivity contribution < 1.29 is 13.2 Å². The van der Waals surface area contributed by atoms with E-state index in [9.17, 15) is 13.2 Å². The first-order valence-corrected chi connectivity index (χ1v) is 10.1. The van der Waals surface area contributed by atoms with Crippen LogP contribution in [0.15, 0.2) is 53.4 Å². The van der Waals surface area contributed by atoms with Gasteiger partial charge >= 0.3 is 0 Å². The number of amides is 1. The molecular weight excluding hydrogens is 372 g/mol. The average Bonchev–Trinajstić information content (AvgIpc) is 2.51. The van der Waals surface area contributed by atoms with Crippen LogP contribution in [0.3, 0.4) is 0 Å². The number of anilines is 1. The highest BCUT2D eigenvalue weighted by Crippen LogP contribution is 2.17. The Kier molecular flexibility index (Phi) is 6.44. The molecule has 5 nitrogen and oxygen atoms in total. The minimum absolute atomic E-state index is 0.127. The van der Waals surface area contributed by atoms with Crippen LogP contribution in [0.1, 0.15) is 32.8 Å². The predicted molar refractivity (Wildman–Crippen MR) is 105 cm³/mol. The van der Waals surface area contributed by atoms with Crippen LogP contribution in [-0.4, -0.2) is 19.9 Å². The van der Waals surface area contributed by atoms with E-state index in [4.69, 9.17) is 11.6 Å². The van der Waals surface area contributed by atoms with Crippen LogP contribution in [-0.2, 0) is 21.2 Å². The summed E-state index contributed by atoms with van der Waals surface area (Å²) >= 11 is 5.89. The molecule has 1 amide bonds. The molecule has 0 aliphatic heterocycles. The number of carbonyl (C=O) groups is 1. The molecule has 2 rings (SSSR count). The van der Waals surface area contributed by atoms with Crippen molar-refractivity contribution in [2.75, 3.05) is 5.32 Å². The van der Waals surface area contributed by atoms with Crippen LogP contribution < -0.4 is 10.0 Å². The maximum atomic E-state index is 12.3. The van der Waals surface area contributed by atoms with Gasteiger partial charge in [-0.3, -0.25) is 4.79 Å². The van der Waals surface area contributed by atoms with Gasteiger partial charge in [0.1, 0.15) is 0 Å². The number of hydrogen-bond donors (Lipinski definition) is 2. The Bertz CT molecular complexity index is 872. The van der Waals surface area contributed by atoms with E-state index < -0.39 is 15.6 Å². The van der Waals surface area contributed by atoms with E-state index in [2.05, 4.69) is 10.0 Å². The fraction of sp³-hybridized carbons (Fsp3) is 0.316. The van der Waals surface area contributed by atoms with Gasteiger partial charge in [-0.05, 0) is 63.1 Å². The lowest BCUT2D eigenvalue weighted by Crippen LogP contribution is -2.40. The molecule has 0 aromatic heterocycles. The summed E-state index contributed by atoms with van der Waals surface area (Å²) in [6.07, 6.45) is 0.804. The van der Waals surface area contributed by atoms with E-state index >= 15 is 0 Å². The highest BCUT2D eigenvalue weighted by molar-refractivity contribution is 7.89. The van der Waals surface area contributed by atoms with Gasteiger partial charge < -0.3 is 5.32 Å². The van der Waals surface area contributed by atoms with Crippen LogP contribution in [0.5, 0.6) is 0 Å². The number of carbonyl (C=O) groups excluding carboxylic acids is 1. The second-order valence-corrected chi connectivity index (χ2v) is 9.18. The van der Waals surface area contributed by atoms with Gasteiger partial charge in [-0.2, -0.15) is 0 Å². The van der Waals surface area contributed by atoms with Crippen LogP contribution in [0.2, 0.25) is 5.02 Å². The standard InChI is InChI=1S/C19H23ClN2O3S/c1-19(2,3)22-26(24,25)17-10-7-14(8-11-17)9-12-18(23)21-16-6-4-5-15(20)13-16/h4-8,10-11,13,22H,9,12H2,1-3H3,(H,21,23). The molecule has 2 aromatic carbocycles. The molecule has 140 valence electrons. The molecule has 7 heteroatoms. The monoisotopic (exact) mass is 394 g/mol. The first-order valence-electron chi connectivity index (χ1n) is 8.23. The van der Waals surface area contributed by atoms with Gasteiger partial charge in [0.2, 0.25) is 15.9 Å². The lowest BCUT2D eigenvalue weighted by molar-refractivity contribution is -0.116. The normalized spacial score (nSPS) is 12.0. The third kappa shape index (κ3) is 6.44. The quantitative estimate of drug-likeness (QED) is 0.777. The van der Waals surface area contributed by atoms with Crippen molar-refractivity contribution in [3.8, 4) is 0 Å². The molecule has 2 N–H and O–H groups in total. The van der Waals surface area contributed by atoms with Gasteiger partial charge in [0.05, 0.1) is 4.90 Å². The summed E-state index contributed by atoms with van der Waals surface area (Å²) in [6.45, 7) is 5.37. The summed E-state index contributed by atoms with van der Waals surface area (Å²) in [4.78, 5) is 12.2. The van der Waals surface area contributed by atoms with Crippen molar-refractivity contribution >= 4 is 33.2 Å². The van der Waals surface area contributed by atoms with Crippen molar-refractivity contribution in [3.63, 3.8) is 0 Å². The Morgan fingerprint density at radius 1 is 1.08 bits per heavy atom. The highest BCUT2D eigenvalue weighted by atomic mass is 35.5. The molecule has 0 saturated heterocycles. The Labute approximate surface area is 159 Å². The molecule has 0 fully saturated rings. The molecule has 0 heterocycles. The lowest BCUT2D eigenvalue weighted by Gasteiger charge is -2.20. The zero-order valence-electron chi connectivity index (χ0n) is 15.0. The molecule has 0 saturated carbocycles. The number of sulfonamides is 1. The van der Waals surface area contributed by atoms with Crippen molar-refractivity contribution in [1.82, 2.24) is 4.72 Å². The predicted octanol–water partition coefficient (Wildman–Crippen LogP) is 3.99. The average molecular weight is 395 g/mol. The molecule has 0 atom stereocenters. The SMILES string of the molecule is CC(C)(C)NS(=O)(=O)c1ccc(CCC(=O)Nc2cccc(Cl)c2)cc1. The van der Waals surface area contributed by atoms with Gasteiger partial charge in [-0.1, -0.05) is 29.8 Å². The van der Waals surface area contributed by atoms with Gasteiger partial charge in [-0.25, -0.2) is 13.1 Å². The molecule has 0 aliphatic rings. The first kappa shape index (κ1) is 20.4. The molecule has 0 unspecified atom stereocenters. The second-order valence-electron chi connectivity index (χ2n) is 7.06. The van der Waals surface area contributed by atoms with Crippen molar-refractivity contribution in [3.05, 3.63) is 59.1 Å². The third-order valence-corrected chi connectivity index (χ3v) is 5.43. The van der Waals surface area contributed by atoms with Gasteiger partial charge in [0, 0.05) is 22.7 Å². The Balaban J connectivity index is 1.94. The second kappa shape index (κ2) is 8.20. The van der Waals surface area contributed by atoms with E-state index in [-0.39, 0.29) is 10.8 Å². The van der Waals surface area contributed by atoms with Gasteiger partial charge in [0.15, 0.2) is 0 Å². The van der Waals surface area contributed by atoms with Crippen molar-refractivity contribution in [2.45, 2.75) is 44.0 Å². The zero-order valence-corrected chi connectivity index (χ0v) is 16.6. The maximum Gasteiger partial charge on any atom is 0.241 e. The van der Waals surface area contributed by atoms with E-state index in [1.54, 1.807) is 69.3 Å². The fourth-order valence-corrected chi connectivity index (χ4v) is 3.95. The molecule has 0 spiro atoms. The number of benzene rings is 2. The fourth-order valence-electron chi connectivity index (χ4n) is 2.34. The summed E-state index contributed by atoms with van der Waals surface area (Å²) in [5.74, 6) is -0.127. The van der Waals surface area contributed by atoms with E-state index in [1.807, 2.05) is 0 Å². The Hall–Kier alpha value is -1.89. The number of nitrogens with one attached hydrogen (secondary N) is 2. The summed E-state index contributed by atoms with van der Waals surface area (Å²) in [6, 6.07) is 13.5. The van der Waals surface area contributed by atoms with E-state index in [0.29, 0.717) is 23.6 Å².